The molecule has 1 aliphatic heterocycles. The molecule has 0 unspecified atom stereocenters. The molecule has 0 bridgehead atoms. The van der Waals surface area contributed by atoms with Gasteiger partial charge in [0.05, 0.1) is 10.6 Å². The SMILES string of the molecule is CCN1NNN=C1NC(=O)c1ccc(OC(F)F)c(NS(=O)(=O)c2ccccn2)c1Cl. The Kier molecular flexibility index (Phi) is 6.72. The van der Waals surface area contributed by atoms with Crippen molar-refractivity contribution in [2.75, 3.05) is 11.3 Å². The Bertz CT molecular complexity index is 1100. The predicted octanol–water partition coefficient (Wildman–Crippen LogP) is 1.48. The lowest BCUT2D eigenvalue weighted by Gasteiger charge is -2.18. The van der Waals surface area contributed by atoms with Crippen LogP contribution in [0.3, 0.4) is 0 Å². The number of hydrogen-bond donors (Lipinski definition) is 4. The van der Waals surface area contributed by atoms with E-state index in [1.165, 1.54) is 29.4 Å². The molecule has 0 saturated heterocycles. The number of amides is 1. The van der Waals surface area contributed by atoms with Crippen molar-refractivity contribution in [3.05, 3.63) is 47.1 Å². The van der Waals surface area contributed by atoms with Gasteiger partial charge in [-0.05, 0) is 31.2 Å². The highest BCUT2D eigenvalue weighted by atomic mass is 35.5. The van der Waals surface area contributed by atoms with Crippen molar-refractivity contribution in [3.63, 3.8) is 0 Å². The second kappa shape index (κ2) is 9.28. The molecule has 2 heterocycles. The van der Waals surface area contributed by atoms with E-state index in [0.29, 0.717) is 6.54 Å². The topological polar surface area (TPSA) is 137 Å². The van der Waals surface area contributed by atoms with Crippen molar-refractivity contribution >= 4 is 39.2 Å². The Morgan fingerprint density at radius 3 is 2.74 bits per heavy atom. The fraction of sp³-hybridized carbons (Fsp3) is 0.188. The van der Waals surface area contributed by atoms with Crippen molar-refractivity contribution in [2.45, 2.75) is 18.6 Å². The highest BCUT2D eigenvalue weighted by Gasteiger charge is 2.26. The molecule has 4 N–H and O–H groups in total. The van der Waals surface area contributed by atoms with Gasteiger partial charge in [-0.2, -0.15) is 17.2 Å². The predicted molar refractivity (Wildman–Crippen MR) is 107 cm³/mol. The van der Waals surface area contributed by atoms with Gasteiger partial charge in [0, 0.05) is 12.7 Å². The molecule has 0 fully saturated rings. The number of carbonyl (C=O) groups excluding carboxylic acids is 1. The molecule has 1 amide bonds. The first kappa shape index (κ1) is 22.5. The first-order valence-electron chi connectivity index (χ1n) is 8.61. The van der Waals surface area contributed by atoms with E-state index >= 15 is 0 Å². The Hall–Kier alpha value is -3.23. The number of guanidine groups is 1. The molecule has 166 valence electrons. The molecular formula is C16H16ClF2N7O4S. The maximum absolute atomic E-state index is 12.8. The first-order valence-corrected chi connectivity index (χ1v) is 10.5. The van der Waals surface area contributed by atoms with Crippen LogP contribution < -0.4 is 25.8 Å². The Balaban J connectivity index is 1.97. The van der Waals surface area contributed by atoms with E-state index in [0.717, 1.165) is 12.1 Å². The maximum Gasteiger partial charge on any atom is 0.387 e. The molecule has 1 aromatic carbocycles. The van der Waals surface area contributed by atoms with Gasteiger partial charge in [0.1, 0.15) is 5.69 Å². The van der Waals surface area contributed by atoms with E-state index in [1.807, 2.05) is 0 Å². The van der Waals surface area contributed by atoms with Gasteiger partial charge in [-0.25, -0.2) is 10.5 Å². The molecule has 3 rings (SSSR count). The zero-order chi connectivity index (χ0) is 22.6. The zero-order valence-electron chi connectivity index (χ0n) is 15.8. The van der Waals surface area contributed by atoms with Crippen LogP contribution in [0.25, 0.3) is 0 Å². The van der Waals surface area contributed by atoms with E-state index in [1.54, 1.807) is 6.92 Å². The molecule has 0 atom stereocenters. The second-order valence-corrected chi connectivity index (χ2v) is 7.82. The lowest BCUT2D eigenvalue weighted by Crippen LogP contribution is -2.47. The van der Waals surface area contributed by atoms with Crippen LogP contribution in [0.15, 0.2) is 46.7 Å². The number of hydrazone groups is 1. The van der Waals surface area contributed by atoms with E-state index in [9.17, 15) is 22.0 Å². The number of alkyl halides is 2. The summed E-state index contributed by atoms with van der Waals surface area (Å²) in [6.45, 7) is -1.04. The summed E-state index contributed by atoms with van der Waals surface area (Å²) in [5, 5.41) is 6.91. The van der Waals surface area contributed by atoms with Gasteiger partial charge in [-0.15, -0.1) is 10.6 Å². The normalized spacial score (nSPS) is 13.6. The van der Waals surface area contributed by atoms with Crippen LogP contribution in [0.2, 0.25) is 5.02 Å². The number of ether oxygens (including phenoxy) is 1. The third-order valence-electron chi connectivity index (χ3n) is 3.86. The van der Waals surface area contributed by atoms with Gasteiger partial charge in [0.2, 0.25) is 5.96 Å². The number of hydrogen-bond acceptors (Lipinski definition) is 9. The van der Waals surface area contributed by atoms with Crippen LogP contribution in [-0.4, -0.2) is 43.4 Å². The summed E-state index contributed by atoms with van der Waals surface area (Å²) in [6, 6.07) is 6.22. The van der Waals surface area contributed by atoms with E-state index in [4.69, 9.17) is 11.6 Å². The molecule has 15 heteroatoms. The van der Waals surface area contributed by atoms with Crippen LogP contribution in [0.5, 0.6) is 5.75 Å². The number of nitrogens with one attached hydrogen (secondary N) is 4. The largest absolute Gasteiger partial charge is 0.433 e. The van der Waals surface area contributed by atoms with Gasteiger partial charge in [0.25, 0.3) is 15.9 Å². The molecular weight excluding hydrogens is 460 g/mol. The summed E-state index contributed by atoms with van der Waals surface area (Å²) in [6.07, 6.45) is 1.24. The van der Waals surface area contributed by atoms with Crippen molar-refractivity contribution in [2.24, 2.45) is 5.10 Å². The summed E-state index contributed by atoms with van der Waals surface area (Å²) < 4.78 is 57.3. The minimum absolute atomic E-state index is 0.118. The molecule has 0 radical (unpaired) electrons. The Labute approximate surface area is 180 Å². The van der Waals surface area contributed by atoms with Crippen LogP contribution in [-0.2, 0) is 10.0 Å². The standard InChI is InChI=1S/C16H16ClF2N7O4S/c1-2-26-16(22-24-25-26)21-14(27)9-6-7-10(30-15(18)19)13(12(9)17)23-31(28,29)11-5-3-4-8-20-11/h3-8,15,23-25H,2H2,1H3,(H,21,22,27). The number of anilines is 1. The van der Waals surface area contributed by atoms with E-state index < -0.39 is 39.0 Å². The lowest BCUT2D eigenvalue weighted by atomic mass is 10.1. The van der Waals surface area contributed by atoms with Gasteiger partial charge in [-0.1, -0.05) is 17.7 Å². The molecule has 1 aromatic heterocycles. The number of pyridine rings is 1. The summed E-state index contributed by atoms with van der Waals surface area (Å²) in [5.41, 5.74) is 4.34. The quantitative estimate of drug-likeness (QED) is 0.472. The van der Waals surface area contributed by atoms with Gasteiger partial charge >= 0.3 is 6.61 Å². The highest BCUT2D eigenvalue weighted by molar-refractivity contribution is 7.92. The van der Waals surface area contributed by atoms with Crippen molar-refractivity contribution in [1.29, 1.82) is 0 Å². The number of sulfonamides is 1. The van der Waals surface area contributed by atoms with Crippen LogP contribution in [0.4, 0.5) is 14.5 Å². The highest BCUT2D eigenvalue weighted by Crippen LogP contribution is 2.37. The van der Waals surface area contributed by atoms with Crippen molar-refractivity contribution in [1.82, 2.24) is 26.4 Å². The number of benzene rings is 1. The zero-order valence-corrected chi connectivity index (χ0v) is 17.3. The summed E-state index contributed by atoms with van der Waals surface area (Å²) in [7, 11) is -4.33. The fourth-order valence-corrected chi connectivity index (χ4v) is 3.84. The molecule has 0 spiro atoms. The Morgan fingerprint density at radius 2 is 2.10 bits per heavy atom. The molecule has 2 aromatic rings. The van der Waals surface area contributed by atoms with Crippen molar-refractivity contribution in [3.8, 4) is 5.75 Å². The molecule has 0 saturated carbocycles. The van der Waals surface area contributed by atoms with E-state index in [2.05, 4.69) is 35.9 Å². The first-order chi connectivity index (χ1) is 14.7. The molecule has 31 heavy (non-hydrogen) atoms. The third kappa shape index (κ3) is 5.10. The minimum atomic E-state index is -4.33. The van der Waals surface area contributed by atoms with Gasteiger partial charge in [-0.3, -0.25) is 19.8 Å². The maximum atomic E-state index is 12.8. The average molecular weight is 476 g/mol. The fourth-order valence-electron chi connectivity index (χ4n) is 2.46. The van der Waals surface area contributed by atoms with Crippen LogP contribution >= 0.6 is 11.6 Å². The van der Waals surface area contributed by atoms with Crippen LogP contribution in [0, 0.1) is 0 Å². The molecule has 1 aliphatic rings. The Morgan fingerprint density at radius 1 is 1.32 bits per heavy atom. The minimum Gasteiger partial charge on any atom is -0.433 e. The molecule has 11 nitrogen and oxygen atoms in total. The number of aromatic nitrogens is 1. The van der Waals surface area contributed by atoms with Gasteiger partial charge < -0.3 is 4.74 Å². The van der Waals surface area contributed by atoms with Crippen molar-refractivity contribution < 1.29 is 26.7 Å². The summed E-state index contributed by atoms with van der Waals surface area (Å²) in [5.74, 6) is -1.23. The smallest absolute Gasteiger partial charge is 0.387 e. The number of rotatable bonds is 7. The second-order valence-electron chi connectivity index (χ2n) is 5.81. The number of hydrazine groups is 2. The summed E-state index contributed by atoms with van der Waals surface area (Å²) in [4.78, 5) is 16.4. The van der Waals surface area contributed by atoms with E-state index in [-0.39, 0.29) is 16.5 Å². The van der Waals surface area contributed by atoms with Gasteiger partial charge in [0.15, 0.2) is 10.8 Å². The average Bonchev–Trinajstić information content (AvgIpc) is 3.18. The third-order valence-corrected chi connectivity index (χ3v) is 5.52. The summed E-state index contributed by atoms with van der Waals surface area (Å²) >= 11 is 6.22. The number of carbonyl (C=O) groups is 1. The lowest BCUT2D eigenvalue weighted by molar-refractivity contribution is -0.0493. The number of nitrogens with zero attached hydrogens (tertiary/aromatic N) is 3. The molecule has 0 aliphatic carbocycles. The van der Waals surface area contributed by atoms with Crippen LogP contribution in [0.1, 0.15) is 17.3 Å². The number of halogens is 3. The monoisotopic (exact) mass is 475 g/mol.